The van der Waals surface area contributed by atoms with Gasteiger partial charge in [0.05, 0.1) is 0 Å². The van der Waals surface area contributed by atoms with Crippen molar-refractivity contribution in [3.63, 3.8) is 0 Å². The summed E-state index contributed by atoms with van der Waals surface area (Å²) in [6.45, 7) is 3.89. The van der Waals surface area contributed by atoms with Crippen molar-refractivity contribution in [1.29, 1.82) is 0 Å². The minimum Gasteiger partial charge on any atom is -0.375 e. The summed E-state index contributed by atoms with van der Waals surface area (Å²) in [7, 11) is 0. The molecule has 0 heterocycles. The molecule has 2 rings (SSSR count). The number of rotatable bonds is 2. The highest BCUT2D eigenvalue weighted by molar-refractivity contribution is 5.72. The third kappa shape index (κ3) is 2.22. The lowest BCUT2D eigenvalue weighted by Crippen LogP contribution is -2.30. The molecule has 0 unspecified atom stereocenters. The molecule has 1 aromatic carbocycles. The van der Waals surface area contributed by atoms with E-state index in [0.717, 1.165) is 11.1 Å². The summed E-state index contributed by atoms with van der Waals surface area (Å²) in [5, 5.41) is 9.96. The number of aldehydes is 1. The average molecular weight is 228 g/mol. The molecule has 17 heavy (non-hydrogen) atoms. The molecule has 1 aromatic rings. The monoisotopic (exact) mass is 228 g/mol. The Labute approximate surface area is 101 Å². The maximum atomic E-state index is 10.9. The van der Waals surface area contributed by atoms with Crippen LogP contribution in [0.25, 0.3) is 0 Å². The normalized spacial score (nSPS) is 28.3. The SMILES string of the molecule is CC1=CC(O)(C=O)C=C(C)C1c1ccccc1. The molecular weight excluding hydrogens is 212 g/mol. The fraction of sp³-hybridized carbons (Fsp3) is 0.267. The molecule has 0 saturated carbocycles. The second-order valence-electron chi connectivity index (χ2n) is 4.63. The molecule has 1 aliphatic rings. The molecule has 0 bridgehead atoms. The van der Waals surface area contributed by atoms with E-state index in [9.17, 15) is 9.90 Å². The van der Waals surface area contributed by atoms with Crippen molar-refractivity contribution in [2.45, 2.75) is 25.4 Å². The van der Waals surface area contributed by atoms with Gasteiger partial charge in [0.2, 0.25) is 0 Å². The van der Waals surface area contributed by atoms with Crippen molar-refractivity contribution in [3.05, 3.63) is 59.2 Å². The Bertz CT molecular complexity index is 463. The van der Waals surface area contributed by atoms with Gasteiger partial charge in [-0.1, -0.05) is 41.5 Å². The van der Waals surface area contributed by atoms with Crippen molar-refractivity contribution in [2.75, 3.05) is 0 Å². The van der Waals surface area contributed by atoms with Crippen molar-refractivity contribution in [1.82, 2.24) is 0 Å². The zero-order valence-corrected chi connectivity index (χ0v) is 10.1. The predicted octanol–water partition coefficient (Wildman–Crippen LogP) is 2.61. The van der Waals surface area contributed by atoms with Gasteiger partial charge in [0.1, 0.15) is 0 Å². The largest absolute Gasteiger partial charge is 0.375 e. The van der Waals surface area contributed by atoms with Gasteiger partial charge < -0.3 is 5.11 Å². The molecule has 0 saturated heterocycles. The van der Waals surface area contributed by atoms with Crippen LogP contribution in [0.3, 0.4) is 0 Å². The van der Waals surface area contributed by atoms with E-state index in [4.69, 9.17) is 0 Å². The van der Waals surface area contributed by atoms with E-state index in [2.05, 4.69) is 12.1 Å². The van der Waals surface area contributed by atoms with Crippen LogP contribution in [0.5, 0.6) is 0 Å². The third-order valence-electron chi connectivity index (χ3n) is 3.15. The molecule has 1 aliphatic carbocycles. The number of aliphatic hydroxyl groups is 1. The molecule has 2 nitrogen and oxygen atoms in total. The van der Waals surface area contributed by atoms with Crippen LogP contribution in [0.4, 0.5) is 0 Å². The topological polar surface area (TPSA) is 37.3 Å². The molecule has 2 heteroatoms. The number of hydrogen-bond acceptors (Lipinski definition) is 2. The van der Waals surface area contributed by atoms with Crippen LogP contribution >= 0.6 is 0 Å². The van der Waals surface area contributed by atoms with Gasteiger partial charge in [-0.25, -0.2) is 0 Å². The van der Waals surface area contributed by atoms with Gasteiger partial charge in [-0.15, -0.1) is 0 Å². The highest BCUT2D eigenvalue weighted by atomic mass is 16.3. The highest BCUT2D eigenvalue weighted by Gasteiger charge is 2.29. The second-order valence-corrected chi connectivity index (χ2v) is 4.63. The first kappa shape index (κ1) is 11.8. The van der Waals surface area contributed by atoms with E-state index in [1.165, 1.54) is 5.56 Å². The third-order valence-corrected chi connectivity index (χ3v) is 3.15. The van der Waals surface area contributed by atoms with Crippen molar-refractivity contribution in [2.24, 2.45) is 0 Å². The van der Waals surface area contributed by atoms with Gasteiger partial charge in [-0.3, -0.25) is 4.79 Å². The van der Waals surface area contributed by atoms with E-state index in [1.807, 2.05) is 32.0 Å². The minimum atomic E-state index is -1.43. The first-order valence-electron chi connectivity index (χ1n) is 5.68. The summed E-state index contributed by atoms with van der Waals surface area (Å²) in [4.78, 5) is 10.9. The maximum Gasteiger partial charge on any atom is 0.159 e. The van der Waals surface area contributed by atoms with E-state index >= 15 is 0 Å². The molecular formula is C15H16O2. The summed E-state index contributed by atoms with van der Waals surface area (Å²) < 4.78 is 0. The molecule has 0 aromatic heterocycles. The molecule has 0 atom stereocenters. The van der Waals surface area contributed by atoms with E-state index in [1.54, 1.807) is 12.2 Å². The standard InChI is InChI=1S/C15H16O2/c1-11-8-15(17,10-16)9-12(2)14(11)13-6-4-3-5-7-13/h3-10,14,17H,1-2H3. The van der Waals surface area contributed by atoms with Gasteiger partial charge in [0, 0.05) is 5.92 Å². The van der Waals surface area contributed by atoms with Crippen LogP contribution in [0.1, 0.15) is 25.3 Å². The molecule has 0 fully saturated rings. The number of hydrogen-bond donors (Lipinski definition) is 1. The zero-order chi connectivity index (χ0) is 12.5. The first-order valence-corrected chi connectivity index (χ1v) is 5.68. The Hall–Kier alpha value is -1.67. The highest BCUT2D eigenvalue weighted by Crippen LogP contribution is 2.37. The Morgan fingerprint density at radius 1 is 1.12 bits per heavy atom. The van der Waals surface area contributed by atoms with Crippen molar-refractivity contribution in [3.8, 4) is 0 Å². The molecule has 88 valence electrons. The predicted molar refractivity (Wildman–Crippen MR) is 67.7 cm³/mol. The van der Waals surface area contributed by atoms with Gasteiger partial charge in [-0.05, 0) is 31.6 Å². The average Bonchev–Trinajstić information content (AvgIpc) is 2.29. The number of benzene rings is 1. The summed E-state index contributed by atoms with van der Waals surface area (Å²) >= 11 is 0. The van der Waals surface area contributed by atoms with Gasteiger partial charge in [0.25, 0.3) is 0 Å². The Morgan fingerprint density at radius 2 is 1.65 bits per heavy atom. The molecule has 1 N–H and O–H groups in total. The van der Waals surface area contributed by atoms with E-state index < -0.39 is 5.60 Å². The summed E-state index contributed by atoms with van der Waals surface area (Å²) in [6.07, 6.45) is 3.83. The number of carbonyl (C=O) groups excluding carboxylic acids is 1. The maximum absolute atomic E-state index is 10.9. The smallest absolute Gasteiger partial charge is 0.159 e. The Kier molecular flexibility index (Phi) is 2.99. The minimum absolute atomic E-state index is 0.163. The fourth-order valence-corrected chi connectivity index (χ4v) is 2.54. The fourth-order valence-electron chi connectivity index (χ4n) is 2.54. The van der Waals surface area contributed by atoms with Crippen LogP contribution < -0.4 is 0 Å². The van der Waals surface area contributed by atoms with Crippen LogP contribution in [0.15, 0.2) is 53.6 Å². The van der Waals surface area contributed by atoms with Crippen LogP contribution in [-0.2, 0) is 4.79 Å². The molecule has 0 radical (unpaired) electrons. The van der Waals surface area contributed by atoms with Crippen molar-refractivity contribution < 1.29 is 9.90 Å². The summed E-state index contributed by atoms with van der Waals surface area (Å²) in [5.74, 6) is 0.163. The summed E-state index contributed by atoms with van der Waals surface area (Å²) in [6, 6.07) is 10.1. The second kappa shape index (κ2) is 4.30. The lowest BCUT2D eigenvalue weighted by molar-refractivity contribution is -0.117. The van der Waals surface area contributed by atoms with Gasteiger partial charge in [-0.2, -0.15) is 0 Å². The first-order chi connectivity index (χ1) is 8.06. The molecule has 0 spiro atoms. The number of allylic oxidation sites excluding steroid dienone is 2. The van der Waals surface area contributed by atoms with Crippen LogP contribution in [0, 0.1) is 0 Å². The molecule has 0 amide bonds. The number of carbonyl (C=O) groups is 1. The van der Waals surface area contributed by atoms with Gasteiger partial charge >= 0.3 is 0 Å². The molecule has 0 aliphatic heterocycles. The van der Waals surface area contributed by atoms with Gasteiger partial charge in [0.15, 0.2) is 11.9 Å². The quantitative estimate of drug-likeness (QED) is 0.624. The summed E-state index contributed by atoms with van der Waals surface area (Å²) in [5.41, 5.74) is 1.76. The Morgan fingerprint density at radius 3 is 2.12 bits per heavy atom. The van der Waals surface area contributed by atoms with Crippen LogP contribution in [0.2, 0.25) is 0 Å². The van der Waals surface area contributed by atoms with Crippen molar-refractivity contribution >= 4 is 6.29 Å². The lowest BCUT2D eigenvalue weighted by atomic mass is 9.78. The van der Waals surface area contributed by atoms with E-state index in [-0.39, 0.29) is 5.92 Å². The Balaban J connectivity index is 2.43. The van der Waals surface area contributed by atoms with Crippen LogP contribution in [-0.4, -0.2) is 17.0 Å². The lowest BCUT2D eigenvalue weighted by Gasteiger charge is -2.29. The van der Waals surface area contributed by atoms with E-state index in [0.29, 0.717) is 6.29 Å². The zero-order valence-electron chi connectivity index (χ0n) is 10.1.